The molecule has 0 atom stereocenters. The lowest BCUT2D eigenvalue weighted by Gasteiger charge is -2.30. The van der Waals surface area contributed by atoms with E-state index in [-0.39, 0.29) is 36.5 Å². The Morgan fingerprint density at radius 3 is 2.50 bits per heavy atom. The van der Waals surface area contributed by atoms with Crippen LogP contribution < -0.4 is 5.32 Å². The number of benzene rings is 2. The number of esters is 1. The van der Waals surface area contributed by atoms with Gasteiger partial charge in [-0.15, -0.1) is 11.3 Å². The maximum absolute atomic E-state index is 13.1. The van der Waals surface area contributed by atoms with Crippen molar-refractivity contribution in [1.82, 2.24) is 9.29 Å². The van der Waals surface area contributed by atoms with Crippen molar-refractivity contribution in [3.05, 3.63) is 71.5 Å². The first-order valence-corrected chi connectivity index (χ1v) is 12.4. The lowest BCUT2D eigenvalue weighted by Crippen LogP contribution is -2.40. The highest BCUT2D eigenvalue weighted by Crippen LogP contribution is 2.26. The van der Waals surface area contributed by atoms with Gasteiger partial charge in [0.2, 0.25) is 10.0 Å². The van der Waals surface area contributed by atoms with Crippen LogP contribution in [0.15, 0.2) is 64.9 Å². The summed E-state index contributed by atoms with van der Waals surface area (Å²) >= 11 is 1.42. The van der Waals surface area contributed by atoms with Crippen LogP contribution in [-0.2, 0) is 26.2 Å². The van der Waals surface area contributed by atoms with Gasteiger partial charge in [-0.1, -0.05) is 18.2 Å². The van der Waals surface area contributed by atoms with Gasteiger partial charge in [0.1, 0.15) is 12.4 Å². The Hall–Kier alpha value is -2.82. The molecule has 2 aromatic carbocycles. The van der Waals surface area contributed by atoms with Crippen LogP contribution in [0.1, 0.15) is 18.5 Å². The monoisotopic (exact) mass is 475 g/mol. The summed E-state index contributed by atoms with van der Waals surface area (Å²) in [5.74, 6) is -1.21. The van der Waals surface area contributed by atoms with Gasteiger partial charge in [0.25, 0.3) is 0 Å². The number of halogens is 1. The van der Waals surface area contributed by atoms with Crippen molar-refractivity contribution in [2.45, 2.75) is 24.3 Å². The smallest absolute Gasteiger partial charge is 0.309 e. The second-order valence-corrected chi connectivity index (χ2v) is 10.2. The first-order chi connectivity index (χ1) is 15.4. The second-order valence-electron chi connectivity index (χ2n) is 7.38. The van der Waals surface area contributed by atoms with Crippen molar-refractivity contribution in [2.24, 2.45) is 5.92 Å². The third-order valence-corrected chi connectivity index (χ3v) is 7.90. The number of nitrogens with one attached hydrogen (secondary N) is 1. The second kappa shape index (κ2) is 9.76. The number of sulfonamides is 1. The molecule has 1 fully saturated rings. The fraction of sp³-hybridized carbons (Fsp3) is 0.273. The molecule has 4 rings (SSSR count). The molecule has 1 N–H and O–H groups in total. The predicted octanol–water partition coefficient (Wildman–Crippen LogP) is 4.17. The van der Waals surface area contributed by atoms with Gasteiger partial charge < -0.3 is 10.1 Å². The summed E-state index contributed by atoms with van der Waals surface area (Å²) in [6.07, 6.45) is 0.744. The molecule has 0 amide bonds. The molecule has 1 aliphatic rings. The number of aromatic nitrogens is 1. The standard InChI is InChI=1S/C22H22FN3O4S2/c23-17-6-8-20(9-7-17)32(28,29)26-12-10-16(11-13-26)21(27)30-14-19-15-31-22(25-19)24-18-4-2-1-3-5-18/h1-9,15-16H,10-14H2,(H,24,25). The molecule has 10 heteroatoms. The SMILES string of the molecule is O=C(OCc1csc(Nc2ccccc2)n1)C1CCN(S(=O)(=O)c2ccc(F)cc2)CC1. The van der Waals surface area contributed by atoms with Crippen LogP contribution >= 0.6 is 11.3 Å². The number of thiazole rings is 1. The number of anilines is 2. The summed E-state index contributed by atoms with van der Waals surface area (Å²) in [5.41, 5.74) is 1.57. The van der Waals surface area contributed by atoms with E-state index in [9.17, 15) is 17.6 Å². The molecular formula is C22H22FN3O4S2. The number of carbonyl (C=O) groups is 1. The van der Waals surface area contributed by atoms with Crippen LogP contribution in [0.4, 0.5) is 15.2 Å². The van der Waals surface area contributed by atoms with Gasteiger partial charge in [-0.2, -0.15) is 4.31 Å². The number of carbonyl (C=O) groups excluding carboxylic acids is 1. The lowest BCUT2D eigenvalue weighted by atomic mass is 9.98. The first kappa shape index (κ1) is 22.4. The van der Waals surface area contributed by atoms with E-state index >= 15 is 0 Å². The molecule has 2 heterocycles. The van der Waals surface area contributed by atoms with Crippen molar-refractivity contribution in [2.75, 3.05) is 18.4 Å². The zero-order valence-corrected chi connectivity index (χ0v) is 18.7. The van der Waals surface area contributed by atoms with E-state index in [4.69, 9.17) is 4.74 Å². The van der Waals surface area contributed by atoms with Crippen molar-refractivity contribution in [3.63, 3.8) is 0 Å². The summed E-state index contributed by atoms with van der Waals surface area (Å²) < 4.78 is 45.2. The number of piperidine rings is 1. The van der Waals surface area contributed by atoms with Crippen molar-refractivity contribution < 1.29 is 22.3 Å². The number of nitrogens with zero attached hydrogens (tertiary/aromatic N) is 2. The summed E-state index contributed by atoms with van der Waals surface area (Å²) in [6, 6.07) is 14.4. The van der Waals surface area contributed by atoms with Gasteiger partial charge in [-0.05, 0) is 49.2 Å². The summed E-state index contributed by atoms with van der Waals surface area (Å²) in [6.45, 7) is 0.489. The Labute approximate surface area is 189 Å². The van der Waals surface area contributed by atoms with Crippen LogP contribution in [-0.4, -0.2) is 36.8 Å². The van der Waals surface area contributed by atoms with Gasteiger partial charge in [-0.25, -0.2) is 17.8 Å². The number of hydrogen-bond donors (Lipinski definition) is 1. The number of hydrogen-bond acceptors (Lipinski definition) is 7. The molecule has 1 aromatic heterocycles. The van der Waals surface area contributed by atoms with E-state index in [1.807, 2.05) is 35.7 Å². The van der Waals surface area contributed by atoms with Crippen molar-refractivity contribution >= 4 is 38.1 Å². The minimum atomic E-state index is -3.71. The molecule has 0 aliphatic carbocycles. The molecule has 0 bridgehead atoms. The minimum Gasteiger partial charge on any atom is -0.459 e. The maximum atomic E-state index is 13.1. The van der Waals surface area contributed by atoms with Crippen LogP contribution in [0, 0.1) is 11.7 Å². The number of rotatable bonds is 7. The zero-order chi connectivity index (χ0) is 22.6. The highest BCUT2D eigenvalue weighted by atomic mass is 32.2. The average Bonchev–Trinajstić information content (AvgIpc) is 3.26. The Kier molecular flexibility index (Phi) is 6.83. The predicted molar refractivity (Wildman–Crippen MR) is 120 cm³/mol. The van der Waals surface area contributed by atoms with Crippen LogP contribution in [0.2, 0.25) is 0 Å². The van der Waals surface area contributed by atoms with Gasteiger partial charge >= 0.3 is 5.97 Å². The molecule has 168 valence electrons. The molecule has 1 saturated heterocycles. The molecule has 0 radical (unpaired) electrons. The molecular weight excluding hydrogens is 453 g/mol. The fourth-order valence-corrected chi connectivity index (χ4v) is 5.61. The van der Waals surface area contributed by atoms with Crippen molar-refractivity contribution in [3.8, 4) is 0 Å². The van der Waals surface area contributed by atoms with E-state index in [1.165, 1.54) is 27.8 Å². The van der Waals surface area contributed by atoms with Crippen LogP contribution in [0.25, 0.3) is 0 Å². The van der Waals surface area contributed by atoms with Gasteiger partial charge in [0.15, 0.2) is 5.13 Å². The molecule has 0 unspecified atom stereocenters. The Morgan fingerprint density at radius 2 is 1.81 bits per heavy atom. The third kappa shape index (κ3) is 5.32. The Morgan fingerprint density at radius 1 is 1.12 bits per heavy atom. The maximum Gasteiger partial charge on any atom is 0.309 e. The van der Waals surface area contributed by atoms with Crippen LogP contribution in [0.5, 0.6) is 0 Å². The minimum absolute atomic E-state index is 0.0448. The number of ether oxygens (including phenoxy) is 1. The number of para-hydroxylation sites is 1. The molecule has 7 nitrogen and oxygen atoms in total. The normalized spacial score (nSPS) is 15.4. The first-order valence-electron chi connectivity index (χ1n) is 10.1. The highest BCUT2D eigenvalue weighted by molar-refractivity contribution is 7.89. The Bertz CT molecular complexity index is 1160. The van der Waals surface area contributed by atoms with Gasteiger partial charge in [0, 0.05) is 24.2 Å². The lowest BCUT2D eigenvalue weighted by molar-refractivity contribution is -0.151. The quantitative estimate of drug-likeness (QED) is 0.516. The van der Waals surface area contributed by atoms with E-state index in [0.29, 0.717) is 23.7 Å². The van der Waals surface area contributed by atoms with E-state index in [1.54, 1.807) is 0 Å². The van der Waals surface area contributed by atoms with E-state index in [2.05, 4.69) is 10.3 Å². The van der Waals surface area contributed by atoms with Crippen LogP contribution in [0.3, 0.4) is 0 Å². The zero-order valence-electron chi connectivity index (χ0n) is 17.1. The molecule has 3 aromatic rings. The van der Waals surface area contributed by atoms with E-state index in [0.717, 1.165) is 17.8 Å². The molecule has 0 spiro atoms. The van der Waals surface area contributed by atoms with E-state index < -0.39 is 15.8 Å². The van der Waals surface area contributed by atoms with Gasteiger partial charge in [-0.3, -0.25) is 4.79 Å². The Balaban J connectivity index is 1.26. The largest absolute Gasteiger partial charge is 0.459 e. The summed E-state index contributed by atoms with van der Waals surface area (Å²) in [5, 5.41) is 5.73. The summed E-state index contributed by atoms with van der Waals surface area (Å²) in [4.78, 5) is 16.9. The topological polar surface area (TPSA) is 88.6 Å². The van der Waals surface area contributed by atoms with Crippen molar-refractivity contribution in [1.29, 1.82) is 0 Å². The fourth-order valence-electron chi connectivity index (χ4n) is 3.43. The highest BCUT2D eigenvalue weighted by Gasteiger charge is 2.32. The molecule has 1 aliphatic heterocycles. The molecule has 32 heavy (non-hydrogen) atoms. The average molecular weight is 476 g/mol. The molecule has 0 saturated carbocycles. The van der Waals surface area contributed by atoms with Gasteiger partial charge in [0.05, 0.1) is 16.5 Å². The summed E-state index contributed by atoms with van der Waals surface area (Å²) in [7, 11) is -3.71. The third-order valence-electron chi connectivity index (χ3n) is 5.18.